The average Bonchev–Trinajstić information content (AvgIpc) is 2.91. The summed E-state index contributed by atoms with van der Waals surface area (Å²) < 4.78 is 0. The number of nitrogens with zero attached hydrogens (tertiary/aromatic N) is 1. The van der Waals surface area contributed by atoms with Crippen LogP contribution in [-0.4, -0.2) is 22.6 Å². The first kappa shape index (κ1) is 13.3. The Bertz CT molecular complexity index is 611. The van der Waals surface area contributed by atoms with Gasteiger partial charge in [0.05, 0.1) is 17.0 Å². The number of thiophene rings is 1. The number of pyridine rings is 1. The lowest BCUT2D eigenvalue weighted by Gasteiger charge is -2.02. The highest BCUT2D eigenvalue weighted by atomic mass is 32.1. The summed E-state index contributed by atoms with van der Waals surface area (Å²) in [7, 11) is 0. The number of aromatic nitrogens is 1. The highest BCUT2D eigenvalue weighted by Crippen LogP contribution is 2.15. The molecule has 0 atom stereocenters. The molecule has 0 aliphatic rings. The second kappa shape index (κ2) is 6.69. The van der Waals surface area contributed by atoms with Gasteiger partial charge in [-0.05, 0) is 24.3 Å². The van der Waals surface area contributed by atoms with Gasteiger partial charge in [-0.1, -0.05) is 11.8 Å². The van der Waals surface area contributed by atoms with E-state index < -0.39 is 0 Å². The van der Waals surface area contributed by atoms with Crippen LogP contribution in [0, 0.1) is 11.8 Å². The van der Waals surface area contributed by atoms with Gasteiger partial charge in [0.15, 0.2) is 0 Å². The third-order valence-electron chi connectivity index (χ3n) is 2.30. The summed E-state index contributed by atoms with van der Waals surface area (Å²) >= 11 is 1.49. The van der Waals surface area contributed by atoms with E-state index in [0.717, 1.165) is 9.75 Å². The van der Waals surface area contributed by atoms with Crippen LogP contribution in [0.25, 0.3) is 0 Å². The van der Waals surface area contributed by atoms with Crippen molar-refractivity contribution >= 4 is 17.2 Å². The van der Waals surface area contributed by atoms with Crippen LogP contribution in [-0.2, 0) is 6.54 Å². The molecule has 0 saturated carbocycles. The molecule has 0 bridgehead atoms. The largest absolute Gasteiger partial charge is 0.384 e. The molecule has 0 aromatic carbocycles. The molecule has 2 aromatic rings. The number of aliphatic hydroxyl groups excluding tert-OH is 1. The summed E-state index contributed by atoms with van der Waals surface area (Å²) in [5.74, 6) is 5.27. The molecule has 0 aliphatic heterocycles. The minimum Gasteiger partial charge on any atom is -0.384 e. The predicted octanol–water partition coefficient (Wildman–Crippen LogP) is 1.42. The standard InChI is InChI=1S/C14H12N2O2S/c17-8-2-4-12-5-6-13(19-12)10-16-14(18)11-3-1-7-15-9-11/h1,3,5-7,9,17H,8,10H2,(H,16,18). The second-order valence-electron chi connectivity index (χ2n) is 3.65. The summed E-state index contributed by atoms with van der Waals surface area (Å²) in [4.78, 5) is 17.6. The molecular formula is C14H12N2O2S. The maximum Gasteiger partial charge on any atom is 0.253 e. The van der Waals surface area contributed by atoms with Gasteiger partial charge in [0.25, 0.3) is 5.91 Å². The maximum atomic E-state index is 11.8. The smallest absolute Gasteiger partial charge is 0.253 e. The van der Waals surface area contributed by atoms with Crippen LogP contribution < -0.4 is 5.32 Å². The Balaban J connectivity index is 1.92. The van der Waals surface area contributed by atoms with E-state index in [4.69, 9.17) is 5.11 Å². The lowest BCUT2D eigenvalue weighted by Crippen LogP contribution is -2.22. The molecule has 19 heavy (non-hydrogen) atoms. The van der Waals surface area contributed by atoms with E-state index in [1.54, 1.807) is 18.3 Å². The number of hydrogen-bond acceptors (Lipinski definition) is 4. The Labute approximate surface area is 115 Å². The van der Waals surface area contributed by atoms with Crippen LogP contribution in [0.5, 0.6) is 0 Å². The molecule has 5 heteroatoms. The molecule has 0 fully saturated rings. The summed E-state index contributed by atoms with van der Waals surface area (Å²) in [6.45, 7) is 0.310. The van der Waals surface area contributed by atoms with Crippen LogP contribution in [0.15, 0.2) is 36.7 Å². The van der Waals surface area contributed by atoms with Gasteiger partial charge in [0.1, 0.15) is 6.61 Å². The molecule has 0 radical (unpaired) electrons. The molecule has 0 unspecified atom stereocenters. The summed E-state index contributed by atoms with van der Waals surface area (Å²) in [6.07, 6.45) is 3.16. The Hall–Kier alpha value is -2.16. The van der Waals surface area contributed by atoms with Crippen LogP contribution >= 0.6 is 11.3 Å². The van der Waals surface area contributed by atoms with E-state index in [2.05, 4.69) is 22.1 Å². The molecule has 0 spiro atoms. The van der Waals surface area contributed by atoms with Crippen molar-refractivity contribution in [3.8, 4) is 11.8 Å². The highest BCUT2D eigenvalue weighted by molar-refractivity contribution is 7.12. The monoisotopic (exact) mass is 272 g/mol. The second-order valence-corrected chi connectivity index (χ2v) is 4.82. The van der Waals surface area contributed by atoms with Gasteiger partial charge in [-0.15, -0.1) is 11.3 Å². The van der Waals surface area contributed by atoms with Crippen molar-refractivity contribution in [2.24, 2.45) is 0 Å². The van der Waals surface area contributed by atoms with Crippen LogP contribution in [0.4, 0.5) is 0 Å². The molecule has 2 rings (SSSR count). The zero-order valence-corrected chi connectivity index (χ0v) is 10.9. The zero-order chi connectivity index (χ0) is 13.5. The fraction of sp³-hybridized carbons (Fsp3) is 0.143. The first-order valence-electron chi connectivity index (χ1n) is 5.66. The Kier molecular flexibility index (Phi) is 4.67. The maximum absolute atomic E-state index is 11.8. The van der Waals surface area contributed by atoms with Crippen molar-refractivity contribution in [2.45, 2.75) is 6.54 Å². The van der Waals surface area contributed by atoms with E-state index in [-0.39, 0.29) is 12.5 Å². The van der Waals surface area contributed by atoms with Gasteiger partial charge in [0.2, 0.25) is 0 Å². The topological polar surface area (TPSA) is 62.2 Å². The molecule has 2 aromatic heterocycles. The van der Waals surface area contributed by atoms with Crippen molar-refractivity contribution < 1.29 is 9.90 Å². The minimum absolute atomic E-state index is 0.148. The Morgan fingerprint density at radius 1 is 1.42 bits per heavy atom. The van der Waals surface area contributed by atoms with E-state index in [0.29, 0.717) is 12.1 Å². The van der Waals surface area contributed by atoms with E-state index >= 15 is 0 Å². The molecular weight excluding hydrogens is 260 g/mol. The van der Waals surface area contributed by atoms with Gasteiger partial charge < -0.3 is 10.4 Å². The first-order valence-corrected chi connectivity index (χ1v) is 6.48. The molecule has 0 aliphatic carbocycles. The summed E-state index contributed by atoms with van der Waals surface area (Å²) in [6, 6.07) is 7.23. The third kappa shape index (κ3) is 3.91. The minimum atomic E-state index is -0.149. The number of hydrogen-bond donors (Lipinski definition) is 2. The van der Waals surface area contributed by atoms with E-state index in [1.807, 2.05) is 12.1 Å². The van der Waals surface area contributed by atoms with Crippen molar-refractivity contribution in [3.63, 3.8) is 0 Å². The van der Waals surface area contributed by atoms with Gasteiger partial charge >= 0.3 is 0 Å². The molecule has 0 saturated heterocycles. The van der Waals surface area contributed by atoms with E-state index in [1.165, 1.54) is 17.5 Å². The van der Waals surface area contributed by atoms with Crippen LogP contribution in [0.1, 0.15) is 20.1 Å². The quantitative estimate of drug-likeness (QED) is 0.831. The normalized spacial score (nSPS) is 9.53. The van der Waals surface area contributed by atoms with Crippen molar-refractivity contribution in [2.75, 3.05) is 6.61 Å². The number of carbonyl (C=O) groups is 1. The fourth-order valence-corrected chi connectivity index (χ4v) is 2.26. The average molecular weight is 272 g/mol. The van der Waals surface area contributed by atoms with Crippen molar-refractivity contribution in [1.82, 2.24) is 10.3 Å². The number of amides is 1. The van der Waals surface area contributed by atoms with Crippen molar-refractivity contribution in [1.29, 1.82) is 0 Å². The molecule has 1 amide bonds. The number of nitrogens with one attached hydrogen (secondary N) is 1. The Morgan fingerprint density at radius 2 is 2.32 bits per heavy atom. The molecule has 2 N–H and O–H groups in total. The lowest BCUT2D eigenvalue weighted by molar-refractivity contribution is 0.0951. The van der Waals surface area contributed by atoms with Gasteiger partial charge in [-0.25, -0.2) is 0 Å². The highest BCUT2D eigenvalue weighted by Gasteiger charge is 2.05. The summed E-state index contributed by atoms with van der Waals surface area (Å²) in [5.41, 5.74) is 0.541. The van der Waals surface area contributed by atoms with Crippen LogP contribution in [0.2, 0.25) is 0 Å². The molecule has 2 heterocycles. The zero-order valence-electron chi connectivity index (χ0n) is 10.1. The number of aliphatic hydroxyl groups is 1. The van der Waals surface area contributed by atoms with Crippen LogP contribution in [0.3, 0.4) is 0 Å². The molecule has 4 nitrogen and oxygen atoms in total. The Morgan fingerprint density at radius 3 is 3.05 bits per heavy atom. The van der Waals surface area contributed by atoms with E-state index in [9.17, 15) is 4.79 Å². The lowest BCUT2D eigenvalue weighted by atomic mass is 10.2. The number of rotatable bonds is 3. The number of carbonyl (C=O) groups excluding carboxylic acids is 1. The van der Waals surface area contributed by atoms with Crippen molar-refractivity contribution in [3.05, 3.63) is 52.0 Å². The first-order chi connectivity index (χ1) is 9.29. The van der Waals surface area contributed by atoms with Gasteiger partial charge in [-0.2, -0.15) is 0 Å². The SMILES string of the molecule is O=C(NCc1ccc(C#CCO)s1)c1cccnc1. The predicted molar refractivity (Wildman–Crippen MR) is 73.7 cm³/mol. The van der Waals surface area contributed by atoms with Gasteiger partial charge in [0, 0.05) is 17.3 Å². The van der Waals surface area contributed by atoms with Gasteiger partial charge in [-0.3, -0.25) is 9.78 Å². The summed E-state index contributed by atoms with van der Waals surface area (Å²) in [5, 5.41) is 11.4. The molecule has 96 valence electrons. The fourth-order valence-electron chi connectivity index (χ4n) is 1.43. The third-order valence-corrected chi connectivity index (χ3v) is 3.30.